The molecule has 0 saturated carbocycles. The molecule has 1 saturated heterocycles. The van der Waals surface area contributed by atoms with E-state index < -0.39 is 0 Å². The number of nitrogens with zero attached hydrogens (tertiary/aromatic N) is 2. The molecule has 0 aromatic rings. The van der Waals surface area contributed by atoms with Gasteiger partial charge >= 0.3 is 0 Å². The van der Waals surface area contributed by atoms with Crippen LogP contribution in [-0.4, -0.2) is 61.3 Å². The highest BCUT2D eigenvalue weighted by Gasteiger charge is 2.11. The molecular weight excluding hydrogens is 164 g/mol. The lowest BCUT2D eigenvalue weighted by molar-refractivity contribution is 0.166. The maximum atomic E-state index is 8.57. The van der Waals surface area contributed by atoms with Crippen molar-refractivity contribution in [1.82, 2.24) is 9.80 Å². The van der Waals surface area contributed by atoms with Crippen LogP contribution in [0.4, 0.5) is 0 Å². The number of rotatable bonds is 4. The SMILES string of the molecule is CN1CCN(C/C=C\CCO)CC1. The van der Waals surface area contributed by atoms with Gasteiger partial charge in [0.15, 0.2) is 0 Å². The molecule has 0 atom stereocenters. The standard InChI is InChI=1S/C10H20N2O/c1-11-6-8-12(9-7-11)5-3-2-4-10-13/h2-3,13H,4-10H2,1H3/b3-2-. The summed E-state index contributed by atoms with van der Waals surface area (Å²) in [4.78, 5) is 4.79. The third-order valence-electron chi connectivity index (χ3n) is 2.42. The van der Waals surface area contributed by atoms with E-state index in [9.17, 15) is 0 Å². The van der Waals surface area contributed by atoms with Crippen LogP contribution < -0.4 is 0 Å². The van der Waals surface area contributed by atoms with E-state index in [2.05, 4.69) is 29.0 Å². The largest absolute Gasteiger partial charge is 0.396 e. The number of aliphatic hydroxyl groups is 1. The molecule has 0 aromatic heterocycles. The van der Waals surface area contributed by atoms with Crippen molar-refractivity contribution in [2.75, 3.05) is 46.4 Å². The molecule has 13 heavy (non-hydrogen) atoms. The molecule has 1 aliphatic heterocycles. The van der Waals surface area contributed by atoms with Crippen molar-refractivity contribution in [2.24, 2.45) is 0 Å². The number of hydrogen-bond donors (Lipinski definition) is 1. The lowest BCUT2D eigenvalue weighted by Crippen LogP contribution is -2.44. The predicted octanol–water partition coefficient (Wildman–Crippen LogP) is 0.172. The minimum absolute atomic E-state index is 0.263. The first-order chi connectivity index (χ1) is 6.33. The van der Waals surface area contributed by atoms with Gasteiger partial charge in [-0.15, -0.1) is 0 Å². The number of piperazine rings is 1. The summed E-state index contributed by atoms with van der Waals surface area (Å²) in [6.45, 7) is 5.98. The molecule has 1 rings (SSSR count). The van der Waals surface area contributed by atoms with Crippen LogP contribution in [-0.2, 0) is 0 Å². The van der Waals surface area contributed by atoms with E-state index in [1.54, 1.807) is 0 Å². The van der Waals surface area contributed by atoms with Crippen LogP contribution in [0, 0.1) is 0 Å². The van der Waals surface area contributed by atoms with Gasteiger partial charge in [0.2, 0.25) is 0 Å². The first kappa shape index (κ1) is 10.7. The van der Waals surface area contributed by atoms with E-state index >= 15 is 0 Å². The third kappa shape index (κ3) is 4.41. The fourth-order valence-electron chi connectivity index (χ4n) is 1.45. The Morgan fingerprint density at radius 3 is 2.46 bits per heavy atom. The Morgan fingerprint density at radius 2 is 1.85 bits per heavy atom. The smallest absolute Gasteiger partial charge is 0.0465 e. The van der Waals surface area contributed by atoms with Crippen molar-refractivity contribution >= 4 is 0 Å². The monoisotopic (exact) mass is 184 g/mol. The molecule has 1 aliphatic rings. The van der Waals surface area contributed by atoms with Crippen molar-refractivity contribution in [2.45, 2.75) is 6.42 Å². The highest BCUT2D eigenvalue weighted by molar-refractivity contribution is 4.86. The Bertz CT molecular complexity index is 151. The molecule has 1 N–H and O–H groups in total. The molecule has 1 fully saturated rings. The molecular formula is C10H20N2O. The van der Waals surface area contributed by atoms with E-state index in [0.717, 1.165) is 13.0 Å². The minimum Gasteiger partial charge on any atom is -0.396 e. The fraction of sp³-hybridized carbons (Fsp3) is 0.800. The van der Waals surface area contributed by atoms with Crippen molar-refractivity contribution in [3.05, 3.63) is 12.2 Å². The molecule has 0 unspecified atom stereocenters. The van der Waals surface area contributed by atoms with Crippen molar-refractivity contribution in [3.8, 4) is 0 Å². The highest BCUT2D eigenvalue weighted by Crippen LogP contribution is 1.98. The van der Waals surface area contributed by atoms with Crippen LogP contribution >= 0.6 is 0 Å². The van der Waals surface area contributed by atoms with Gasteiger partial charge in [0.05, 0.1) is 0 Å². The van der Waals surface area contributed by atoms with Gasteiger partial charge in [-0.25, -0.2) is 0 Å². The normalized spacial score (nSPS) is 21.4. The second-order valence-electron chi connectivity index (χ2n) is 3.59. The zero-order valence-corrected chi connectivity index (χ0v) is 8.45. The Kier molecular flexibility index (Phi) is 5.05. The Hall–Kier alpha value is -0.380. The summed E-state index contributed by atoms with van der Waals surface area (Å²) in [7, 11) is 2.17. The predicted molar refractivity (Wildman–Crippen MR) is 54.8 cm³/mol. The van der Waals surface area contributed by atoms with Gasteiger partial charge in [0.1, 0.15) is 0 Å². The van der Waals surface area contributed by atoms with Crippen LogP contribution in [0.2, 0.25) is 0 Å². The Morgan fingerprint density at radius 1 is 1.15 bits per heavy atom. The minimum atomic E-state index is 0.263. The summed E-state index contributed by atoms with van der Waals surface area (Å²) >= 11 is 0. The van der Waals surface area contributed by atoms with Crippen LogP contribution in [0.25, 0.3) is 0 Å². The molecule has 0 aliphatic carbocycles. The molecule has 0 radical (unpaired) electrons. The molecule has 0 spiro atoms. The first-order valence-electron chi connectivity index (χ1n) is 4.99. The van der Waals surface area contributed by atoms with Crippen LogP contribution in [0.3, 0.4) is 0 Å². The van der Waals surface area contributed by atoms with Crippen LogP contribution in [0.15, 0.2) is 12.2 Å². The van der Waals surface area contributed by atoms with Crippen LogP contribution in [0.1, 0.15) is 6.42 Å². The molecule has 76 valence electrons. The van der Waals surface area contributed by atoms with Gasteiger partial charge in [0.25, 0.3) is 0 Å². The summed E-state index contributed by atoms with van der Waals surface area (Å²) in [6, 6.07) is 0. The van der Waals surface area contributed by atoms with E-state index in [0.29, 0.717) is 0 Å². The second-order valence-corrected chi connectivity index (χ2v) is 3.59. The third-order valence-corrected chi connectivity index (χ3v) is 2.42. The quantitative estimate of drug-likeness (QED) is 0.631. The van der Waals surface area contributed by atoms with E-state index in [1.807, 2.05) is 0 Å². The molecule has 0 bridgehead atoms. The van der Waals surface area contributed by atoms with Gasteiger partial charge in [-0.1, -0.05) is 12.2 Å². The van der Waals surface area contributed by atoms with E-state index in [1.165, 1.54) is 26.2 Å². The second kappa shape index (κ2) is 6.13. The Balaban J connectivity index is 2.08. The van der Waals surface area contributed by atoms with Crippen LogP contribution in [0.5, 0.6) is 0 Å². The van der Waals surface area contributed by atoms with Gasteiger partial charge in [-0.3, -0.25) is 4.90 Å². The fourth-order valence-corrected chi connectivity index (χ4v) is 1.45. The van der Waals surface area contributed by atoms with Crippen molar-refractivity contribution in [3.63, 3.8) is 0 Å². The lowest BCUT2D eigenvalue weighted by atomic mass is 10.3. The Labute approximate surface area is 80.6 Å². The summed E-state index contributed by atoms with van der Waals surface area (Å²) < 4.78 is 0. The summed E-state index contributed by atoms with van der Waals surface area (Å²) in [6.07, 6.45) is 4.99. The number of hydrogen-bond acceptors (Lipinski definition) is 3. The maximum Gasteiger partial charge on any atom is 0.0465 e. The zero-order valence-electron chi connectivity index (χ0n) is 8.45. The first-order valence-corrected chi connectivity index (χ1v) is 4.99. The summed E-state index contributed by atoms with van der Waals surface area (Å²) in [5.74, 6) is 0. The molecule has 0 amide bonds. The van der Waals surface area contributed by atoms with Crippen molar-refractivity contribution in [1.29, 1.82) is 0 Å². The lowest BCUT2D eigenvalue weighted by Gasteiger charge is -2.31. The zero-order chi connectivity index (χ0) is 9.52. The molecule has 3 nitrogen and oxygen atoms in total. The van der Waals surface area contributed by atoms with Gasteiger partial charge in [-0.05, 0) is 13.5 Å². The van der Waals surface area contributed by atoms with Gasteiger partial charge < -0.3 is 10.0 Å². The number of aliphatic hydroxyl groups excluding tert-OH is 1. The molecule has 1 heterocycles. The maximum absolute atomic E-state index is 8.57. The van der Waals surface area contributed by atoms with Crippen molar-refractivity contribution < 1.29 is 5.11 Å². The molecule has 0 aromatic carbocycles. The van der Waals surface area contributed by atoms with Gasteiger partial charge in [-0.2, -0.15) is 0 Å². The molecule has 3 heteroatoms. The highest BCUT2D eigenvalue weighted by atomic mass is 16.2. The topological polar surface area (TPSA) is 26.7 Å². The summed E-state index contributed by atoms with van der Waals surface area (Å²) in [5, 5.41) is 8.57. The van der Waals surface area contributed by atoms with E-state index in [-0.39, 0.29) is 6.61 Å². The van der Waals surface area contributed by atoms with Gasteiger partial charge in [0, 0.05) is 39.3 Å². The average Bonchev–Trinajstić information content (AvgIpc) is 2.15. The summed E-state index contributed by atoms with van der Waals surface area (Å²) in [5.41, 5.74) is 0. The average molecular weight is 184 g/mol. The number of likely N-dealkylation sites (N-methyl/N-ethyl adjacent to an activating group) is 1. The van der Waals surface area contributed by atoms with E-state index in [4.69, 9.17) is 5.11 Å².